The summed E-state index contributed by atoms with van der Waals surface area (Å²) in [5, 5.41) is 12.3. The first kappa shape index (κ1) is 17.9. The van der Waals surface area contributed by atoms with Gasteiger partial charge in [-0.05, 0) is 55.4 Å². The van der Waals surface area contributed by atoms with Crippen molar-refractivity contribution in [2.75, 3.05) is 18.5 Å². The first-order valence-corrected chi connectivity index (χ1v) is 9.84. The number of hydrogen-bond acceptors (Lipinski definition) is 6. The molecule has 1 aliphatic heterocycles. The third-order valence-electron chi connectivity index (χ3n) is 6.28. The molecule has 8 heteroatoms. The number of imidazole rings is 1. The summed E-state index contributed by atoms with van der Waals surface area (Å²) in [4.78, 5) is 22.1. The van der Waals surface area contributed by atoms with E-state index in [1.54, 1.807) is 23.9 Å². The summed E-state index contributed by atoms with van der Waals surface area (Å²) in [6.07, 6.45) is 3.59. The van der Waals surface area contributed by atoms with Gasteiger partial charge in [-0.2, -0.15) is 10.2 Å². The van der Waals surface area contributed by atoms with Crippen molar-refractivity contribution in [3.63, 3.8) is 0 Å². The molecule has 29 heavy (non-hydrogen) atoms. The Kier molecular flexibility index (Phi) is 4.14. The lowest BCUT2D eigenvalue weighted by Gasteiger charge is -2.13. The first-order valence-electron chi connectivity index (χ1n) is 9.84. The minimum absolute atomic E-state index is 0. The SMILES string of the molecule is Cc1cc(C#N)ccc1Nc1ncc2c(n1)n(C1CC3COCC3C1)c(=O)n2C.[HH]. The van der Waals surface area contributed by atoms with Gasteiger partial charge < -0.3 is 10.1 Å². The van der Waals surface area contributed by atoms with Crippen LogP contribution in [0.5, 0.6) is 0 Å². The second kappa shape index (κ2) is 6.71. The Labute approximate surface area is 169 Å². The van der Waals surface area contributed by atoms with Crippen LogP contribution >= 0.6 is 0 Å². The third kappa shape index (κ3) is 2.89. The van der Waals surface area contributed by atoms with Gasteiger partial charge in [-0.25, -0.2) is 9.78 Å². The molecule has 0 bridgehead atoms. The summed E-state index contributed by atoms with van der Waals surface area (Å²) in [6.45, 7) is 3.51. The lowest BCUT2D eigenvalue weighted by molar-refractivity contribution is 0.167. The molecule has 8 nitrogen and oxygen atoms in total. The topological polar surface area (TPSA) is 97.8 Å². The highest BCUT2D eigenvalue weighted by Crippen LogP contribution is 2.43. The van der Waals surface area contributed by atoms with Crippen LogP contribution in [0.15, 0.2) is 29.2 Å². The number of ether oxygens (including phenoxy) is 1. The summed E-state index contributed by atoms with van der Waals surface area (Å²) < 4.78 is 9.04. The van der Waals surface area contributed by atoms with Crippen LogP contribution in [0, 0.1) is 30.1 Å². The molecule has 3 aromatic rings. The number of aromatic nitrogens is 4. The van der Waals surface area contributed by atoms with E-state index in [2.05, 4.69) is 16.4 Å². The van der Waals surface area contributed by atoms with Gasteiger partial charge in [0.15, 0.2) is 5.65 Å². The van der Waals surface area contributed by atoms with E-state index in [1.165, 1.54) is 0 Å². The summed E-state index contributed by atoms with van der Waals surface area (Å²) in [7, 11) is 1.77. The highest BCUT2D eigenvalue weighted by molar-refractivity contribution is 5.73. The molecule has 0 spiro atoms. The van der Waals surface area contributed by atoms with E-state index < -0.39 is 0 Å². The van der Waals surface area contributed by atoms with Crippen LogP contribution in [0.25, 0.3) is 11.2 Å². The lowest BCUT2D eigenvalue weighted by Crippen LogP contribution is -2.25. The average molecular weight is 392 g/mol. The van der Waals surface area contributed by atoms with E-state index in [0.717, 1.165) is 42.8 Å². The molecule has 2 aliphatic rings. The quantitative estimate of drug-likeness (QED) is 0.736. The van der Waals surface area contributed by atoms with Crippen molar-refractivity contribution in [2.45, 2.75) is 25.8 Å². The van der Waals surface area contributed by atoms with Crippen LogP contribution in [0.3, 0.4) is 0 Å². The van der Waals surface area contributed by atoms with Crippen LogP contribution in [-0.2, 0) is 11.8 Å². The highest BCUT2D eigenvalue weighted by atomic mass is 16.5. The average Bonchev–Trinajstić information content (AvgIpc) is 3.37. The number of anilines is 2. The number of rotatable bonds is 3. The van der Waals surface area contributed by atoms with Gasteiger partial charge in [-0.3, -0.25) is 9.13 Å². The van der Waals surface area contributed by atoms with Gasteiger partial charge >= 0.3 is 5.69 Å². The molecule has 1 aliphatic carbocycles. The predicted octanol–water partition coefficient (Wildman–Crippen LogP) is 2.90. The number of nitriles is 1. The van der Waals surface area contributed by atoms with Gasteiger partial charge in [-0.15, -0.1) is 0 Å². The van der Waals surface area contributed by atoms with Crippen LogP contribution < -0.4 is 11.0 Å². The molecular formula is C21H24N6O2. The Hall–Kier alpha value is -3.18. The monoisotopic (exact) mass is 392 g/mol. The van der Waals surface area contributed by atoms with Gasteiger partial charge in [0, 0.05) is 33.4 Å². The van der Waals surface area contributed by atoms with E-state index in [0.29, 0.717) is 29.0 Å². The maximum absolute atomic E-state index is 13.0. The third-order valence-corrected chi connectivity index (χ3v) is 6.28. The summed E-state index contributed by atoms with van der Waals surface area (Å²) in [6, 6.07) is 7.70. The molecule has 0 radical (unpaired) electrons. The van der Waals surface area contributed by atoms with E-state index in [1.807, 2.05) is 23.6 Å². The van der Waals surface area contributed by atoms with Crippen LogP contribution in [0.4, 0.5) is 11.6 Å². The van der Waals surface area contributed by atoms with Gasteiger partial charge in [0.25, 0.3) is 0 Å². The fourth-order valence-corrected chi connectivity index (χ4v) is 4.69. The number of nitrogens with one attached hydrogen (secondary N) is 1. The van der Waals surface area contributed by atoms with Gasteiger partial charge in [0.2, 0.25) is 5.95 Å². The minimum atomic E-state index is -0.0492. The zero-order valence-corrected chi connectivity index (χ0v) is 16.4. The molecular weight excluding hydrogens is 368 g/mol. The summed E-state index contributed by atoms with van der Waals surface area (Å²) >= 11 is 0. The van der Waals surface area contributed by atoms with E-state index >= 15 is 0 Å². The smallest absolute Gasteiger partial charge is 0.330 e. The molecule has 2 atom stereocenters. The van der Waals surface area contributed by atoms with E-state index in [4.69, 9.17) is 15.0 Å². The Morgan fingerprint density at radius 1 is 1.31 bits per heavy atom. The van der Waals surface area contributed by atoms with Crippen LogP contribution in [0.1, 0.15) is 31.4 Å². The second-order valence-corrected chi connectivity index (χ2v) is 8.06. The standard InChI is InChI=1S/C21H22N6O2.H2/c1-12-5-13(8-22)3-4-17(12)24-20-23-9-18-19(25-20)27(21(28)26(18)2)16-6-14-10-29-11-15(14)7-16;/h3-5,9,14-16H,6-7,10-11H2,1-2H3,(H,23,24,25);1H. The Morgan fingerprint density at radius 2 is 2.07 bits per heavy atom. The van der Waals surface area contributed by atoms with Gasteiger partial charge in [0.1, 0.15) is 5.52 Å². The fourth-order valence-electron chi connectivity index (χ4n) is 4.69. The molecule has 2 fully saturated rings. The Balaban J connectivity index is 0.00000218. The molecule has 0 amide bonds. The first-order chi connectivity index (χ1) is 14.0. The number of benzene rings is 1. The van der Waals surface area contributed by atoms with Gasteiger partial charge in [-0.1, -0.05) is 0 Å². The fraction of sp³-hybridized carbons (Fsp3) is 0.429. The number of hydrogen-bond donors (Lipinski definition) is 1. The van der Waals surface area contributed by atoms with Crippen LogP contribution in [0.2, 0.25) is 0 Å². The molecule has 1 saturated carbocycles. The van der Waals surface area contributed by atoms with Crippen molar-refractivity contribution >= 4 is 22.8 Å². The second-order valence-electron chi connectivity index (χ2n) is 8.06. The van der Waals surface area contributed by atoms with Crippen molar-refractivity contribution in [2.24, 2.45) is 18.9 Å². The van der Waals surface area contributed by atoms with E-state index in [-0.39, 0.29) is 13.2 Å². The largest absolute Gasteiger partial charge is 0.381 e. The molecule has 3 heterocycles. The molecule has 2 aromatic heterocycles. The Bertz CT molecular complexity index is 1200. The maximum Gasteiger partial charge on any atom is 0.330 e. The predicted molar refractivity (Wildman–Crippen MR) is 110 cm³/mol. The van der Waals surface area contributed by atoms with Crippen LogP contribution in [-0.4, -0.2) is 32.3 Å². The van der Waals surface area contributed by atoms with Crippen molar-refractivity contribution < 1.29 is 6.16 Å². The van der Waals surface area contributed by atoms with Crippen molar-refractivity contribution in [3.8, 4) is 6.07 Å². The molecule has 5 rings (SSSR count). The number of nitrogens with zero attached hydrogens (tertiary/aromatic N) is 5. The summed E-state index contributed by atoms with van der Waals surface area (Å²) in [5.74, 6) is 1.50. The zero-order valence-electron chi connectivity index (χ0n) is 16.4. The molecule has 1 aromatic carbocycles. The van der Waals surface area contributed by atoms with Crippen molar-refractivity contribution in [1.82, 2.24) is 19.1 Å². The minimum Gasteiger partial charge on any atom is -0.381 e. The normalized spacial score (nSPS) is 23.3. The maximum atomic E-state index is 13.0. The zero-order chi connectivity index (χ0) is 20.1. The number of fused-ring (bicyclic) bond motifs is 2. The molecule has 150 valence electrons. The molecule has 1 N–H and O–H groups in total. The van der Waals surface area contributed by atoms with Crippen molar-refractivity contribution in [1.29, 1.82) is 5.26 Å². The number of aryl methyl sites for hydroxylation is 2. The van der Waals surface area contributed by atoms with Crippen molar-refractivity contribution in [3.05, 3.63) is 46.0 Å². The summed E-state index contributed by atoms with van der Waals surface area (Å²) in [5.41, 5.74) is 3.71. The molecule has 2 unspecified atom stereocenters. The van der Waals surface area contributed by atoms with E-state index in [9.17, 15) is 4.79 Å². The lowest BCUT2D eigenvalue weighted by atomic mass is 10.0. The highest BCUT2D eigenvalue weighted by Gasteiger charge is 2.40. The Morgan fingerprint density at radius 3 is 2.76 bits per heavy atom. The van der Waals surface area contributed by atoms with Gasteiger partial charge in [0.05, 0.1) is 17.8 Å². The molecule has 1 saturated heterocycles.